The van der Waals surface area contributed by atoms with Gasteiger partial charge in [-0.1, -0.05) is 12.2 Å². The van der Waals surface area contributed by atoms with Gasteiger partial charge in [0.15, 0.2) is 6.29 Å². The van der Waals surface area contributed by atoms with Gasteiger partial charge in [-0.05, 0) is 5.57 Å². The smallest absolute Gasteiger partial charge is 0.187 e. The summed E-state index contributed by atoms with van der Waals surface area (Å²) in [5.41, 5.74) is 0.238. The van der Waals surface area contributed by atoms with Crippen molar-refractivity contribution in [3.63, 3.8) is 0 Å². The molecular weight excluding hydrogens is 310 g/mol. The highest BCUT2D eigenvalue weighted by Gasteiger charge is 2.46. The Labute approximate surface area is 131 Å². The van der Waals surface area contributed by atoms with E-state index in [0.29, 0.717) is 0 Å². The van der Waals surface area contributed by atoms with Crippen molar-refractivity contribution in [1.82, 2.24) is 0 Å². The summed E-state index contributed by atoms with van der Waals surface area (Å²) in [7, 11) is 0. The average molecular weight is 329 g/mol. The maximum absolute atomic E-state index is 10.0. The van der Waals surface area contributed by atoms with E-state index in [1.54, 1.807) is 6.07 Å². The molecule has 1 heterocycles. The Morgan fingerprint density at radius 2 is 1.83 bits per heavy atom. The van der Waals surface area contributed by atoms with Crippen LogP contribution in [-0.4, -0.2) is 86.3 Å². The molecular formula is C14H19NO8. The minimum atomic E-state index is -1.65. The Morgan fingerprint density at radius 1 is 1.13 bits per heavy atom. The third-order valence-corrected chi connectivity index (χ3v) is 3.83. The van der Waals surface area contributed by atoms with Gasteiger partial charge in [-0.3, -0.25) is 0 Å². The number of nitriles is 1. The lowest BCUT2D eigenvalue weighted by molar-refractivity contribution is -0.314. The number of hydrogen-bond acceptors (Lipinski definition) is 9. The van der Waals surface area contributed by atoms with E-state index in [-0.39, 0.29) is 5.57 Å². The predicted octanol–water partition coefficient (Wildman–Crippen LogP) is -3.09. The summed E-state index contributed by atoms with van der Waals surface area (Å²) in [5, 5.41) is 66.9. The van der Waals surface area contributed by atoms with E-state index in [2.05, 4.69) is 0 Å². The molecule has 23 heavy (non-hydrogen) atoms. The molecule has 0 aromatic heterocycles. The van der Waals surface area contributed by atoms with Crippen LogP contribution in [0.3, 0.4) is 0 Å². The van der Waals surface area contributed by atoms with Crippen LogP contribution in [0, 0.1) is 11.3 Å². The van der Waals surface area contributed by atoms with E-state index in [9.17, 15) is 25.5 Å². The fourth-order valence-corrected chi connectivity index (χ4v) is 2.48. The van der Waals surface area contributed by atoms with Gasteiger partial charge in [0.1, 0.15) is 42.7 Å². The quantitative estimate of drug-likeness (QED) is 0.294. The number of ether oxygens (including phenoxy) is 2. The van der Waals surface area contributed by atoms with Gasteiger partial charge in [0.25, 0.3) is 0 Å². The second-order valence-electron chi connectivity index (χ2n) is 5.37. The Morgan fingerprint density at radius 3 is 2.43 bits per heavy atom. The van der Waals surface area contributed by atoms with Crippen LogP contribution < -0.4 is 0 Å². The lowest BCUT2D eigenvalue weighted by Crippen LogP contribution is -2.60. The number of aliphatic hydroxyl groups is 6. The molecule has 2 rings (SSSR count). The van der Waals surface area contributed by atoms with Gasteiger partial charge in [0, 0.05) is 6.08 Å². The zero-order chi connectivity index (χ0) is 17.1. The number of allylic oxidation sites excluding steroid dienone is 1. The van der Waals surface area contributed by atoms with E-state index < -0.39 is 55.6 Å². The summed E-state index contributed by atoms with van der Waals surface area (Å²) in [4.78, 5) is 0. The molecule has 2 aliphatic rings. The van der Waals surface area contributed by atoms with Crippen molar-refractivity contribution in [3.8, 4) is 6.07 Å². The SMILES string of the molecule is N#C/C=C1\C=C[C@@H](O)[C@H](O)[C@H]1O[C@@H]1O[C@H](CO)[C@@H](O)[C@H](O)[C@H]1O. The first kappa shape index (κ1) is 18.0. The Kier molecular flexibility index (Phi) is 5.85. The summed E-state index contributed by atoms with van der Waals surface area (Å²) in [6, 6.07) is 1.77. The van der Waals surface area contributed by atoms with E-state index >= 15 is 0 Å². The van der Waals surface area contributed by atoms with E-state index in [0.717, 1.165) is 6.08 Å². The van der Waals surface area contributed by atoms with Crippen LogP contribution in [0.25, 0.3) is 0 Å². The van der Waals surface area contributed by atoms with Gasteiger partial charge in [-0.15, -0.1) is 0 Å². The molecule has 1 fully saturated rings. The third-order valence-electron chi connectivity index (χ3n) is 3.83. The summed E-state index contributed by atoms with van der Waals surface area (Å²) in [6.07, 6.45) is -7.57. The highest BCUT2D eigenvalue weighted by Crippen LogP contribution is 2.28. The van der Waals surface area contributed by atoms with Crippen molar-refractivity contribution in [2.45, 2.75) is 49.0 Å². The number of hydrogen-bond donors (Lipinski definition) is 6. The lowest BCUT2D eigenvalue weighted by Gasteiger charge is -2.42. The molecule has 8 atom stereocenters. The van der Waals surface area contributed by atoms with Crippen molar-refractivity contribution in [2.24, 2.45) is 0 Å². The molecule has 0 amide bonds. The first-order chi connectivity index (χ1) is 10.9. The predicted molar refractivity (Wildman–Crippen MR) is 73.5 cm³/mol. The Balaban J connectivity index is 2.20. The zero-order valence-corrected chi connectivity index (χ0v) is 12.0. The van der Waals surface area contributed by atoms with Crippen molar-refractivity contribution in [2.75, 3.05) is 6.61 Å². The van der Waals surface area contributed by atoms with E-state index in [1.807, 2.05) is 0 Å². The molecule has 128 valence electrons. The number of nitrogens with zero attached hydrogens (tertiary/aromatic N) is 1. The number of rotatable bonds is 3. The number of aliphatic hydroxyl groups excluding tert-OH is 6. The maximum atomic E-state index is 10.0. The lowest BCUT2D eigenvalue weighted by atomic mass is 9.93. The summed E-state index contributed by atoms with van der Waals surface area (Å²) < 4.78 is 10.6. The summed E-state index contributed by atoms with van der Waals surface area (Å²) in [6.45, 7) is -0.624. The molecule has 6 N–H and O–H groups in total. The zero-order valence-electron chi connectivity index (χ0n) is 12.0. The molecule has 0 bridgehead atoms. The largest absolute Gasteiger partial charge is 0.394 e. The summed E-state index contributed by atoms with van der Waals surface area (Å²) in [5.74, 6) is 0. The van der Waals surface area contributed by atoms with Crippen LogP contribution in [-0.2, 0) is 9.47 Å². The van der Waals surface area contributed by atoms with Gasteiger partial charge in [-0.25, -0.2) is 0 Å². The van der Waals surface area contributed by atoms with Crippen LogP contribution >= 0.6 is 0 Å². The Bertz CT molecular complexity index is 513. The molecule has 9 heteroatoms. The summed E-state index contributed by atoms with van der Waals surface area (Å²) >= 11 is 0. The van der Waals surface area contributed by atoms with E-state index in [4.69, 9.17) is 19.8 Å². The van der Waals surface area contributed by atoms with Crippen molar-refractivity contribution >= 4 is 0 Å². The first-order valence-corrected chi connectivity index (χ1v) is 7.00. The van der Waals surface area contributed by atoms with Gasteiger partial charge < -0.3 is 40.1 Å². The van der Waals surface area contributed by atoms with Crippen LogP contribution in [0.5, 0.6) is 0 Å². The monoisotopic (exact) mass is 329 g/mol. The fraction of sp³-hybridized carbons (Fsp3) is 0.643. The average Bonchev–Trinajstić information content (AvgIpc) is 2.54. The molecule has 0 unspecified atom stereocenters. The van der Waals surface area contributed by atoms with Gasteiger partial charge in [-0.2, -0.15) is 5.26 Å². The van der Waals surface area contributed by atoms with Crippen LogP contribution in [0.4, 0.5) is 0 Å². The fourth-order valence-electron chi connectivity index (χ4n) is 2.48. The van der Waals surface area contributed by atoms with Gasteiger partial charge >= 0.3 is 0 Å². The van der Waals surface area contributed by atoms with Crippen LogP contribution in [0.2, 0.25) is 0 Å². The molecule has 1 aliphatic carbocycles. The molecule has 9 nitrogen and oxygen atoms in total. The van der Waals surface area contributed by atoms with Gasteiger partial charge in [0.05, 0.1) is 12.7 Å². The van der Waals surface area contributed by atoms with Crippen molar-refractivity contribution in [3.05, 3.63) is 23.8 Å². The highest BCUT2D eigenvalue weighted by atomic mass is 16.7. The first-order valence-electron chi connectivity index (χ1n) is 7.00. The molecule has 0 saturated carbocycles. The standard InChI is InChI=1S/C14H19NO8/c15-4-3-6-1-2-7(17)9(18)13(6)23-14-12(21)11(20)10(19)8(5-16)22-14/h1-3,7-14,16-21H,5H2/b6-3+/t7-,8-,9+,10-,11+,12-,13+,14+/m1/s1. The second kappa shape index (κ2) is 7.48. The topological polar surface area (TPSA) is 164 Å². The molecule has 0 spiro atoms. The third kappa shape index (κ3) is 3.60. The second-order valence-corrected chi connectivity index (χ2v) is 5.37. The van der Waals surface area contributed by atoms with Crippen molar-refractivity contribution in [1.29, 1.82) is 5.26 Å². The Hall–Kier alpha value is -1.35. The molecule has 0 aromatic carbocycles. The molecule has 1 aliphatic heterocycles. The highest BCUT2D eigenvalue weighted by molar-refractivity contribution is 5.34. The van der Waals surface area contributed by atoms with E-state index in [1.165, 1.54) is 12.2 Å². The van der Waals surface area contributed by atoms with Crippen molar-refractivity contribution < 1.29 is 40.1 Å². The normalized spacial score (nSPS) is 45.9. The minimum absolute atomic E-state index is 0.238. The molecule has 0 aromatic rings. The van der Waals surface area contributed by atoms with Gasteiger partial charge in [0.2, 0.25) is 0 Å². The maximum Gasteiger partial charge on any atom is 0.187 e. The molecule has 1 saturated heterocycles. The van der Waals surface area contributed by atoms with Crippen LogP contribution in [0.1, 0.15) is 0 Å². The minimum Gasteiger partial charge on any atom is -0.394 e. The molecule has 0 radical (unpaired) electrons. The van der Waals surface area contributed by atoms with Crippen LogP contribution in [0.15, 0.2) is 23.8 Å².